The summed E-state index contributed by atoms with van der Waals surface area (Å²) in [6.45, 7) is 4.82. The van der Waals surface area contributed by atoms with Gasteiger partial charge in [0.2, 0.25) is 0 Å². The van der Waals surface area contributed by atoms with Gasteiger partial charge in [-0.25, -0.2) is 4.98 Å². The van der Waals surface area contributed by atoms with Gasteiger partial charge in [0.25, 0.3) is 5.56 Å². The first-order chi connectivity index (χ1) is 7.66. The fourth-order valence-corrected chi connectivity index (χ4v) is 2.38. The van der Waals surface area contributed by atoms with Crippen molar-refractivity contribution in [3.05, 3.63) is 44.1 Å². The van der Waals surface area contributed by atoms with E-state index in [-0.39, 0.29) is 5.56 Å². The zero-order chi connectivity index (χ0) is 11.5. The molecule has 2 N–H and O–H groups in total. The molecule has 0 saturated carbocycles. The van der Waals surface area contributed by atoms with Gasteiger partial charge in [-0.15, -0.1) is 11.3 Å². The van der Waals surface area contributed by atoms with Crippen molar-refractivity contribution in [2.75, 3.05) is 5.32 Å². The molecule has 5 heteroatoms. The largest absolute Gasteiger partial charge is 0.361 e. The summed E-state index contributed by atoms with van der Waals surface area (Å²) < 4.78 is 0. The molecule has 0 unspecified atom stereocenters. The van der Waals surface area contributed by atoms with Crippen LogP contribution in [0.15, 0.2) is 23.3 Å². The summed E-state index contributed by atoms with van der Waals surface area (Å²) in [7, 11) is 0. The first-order valence-corrected chi connectivity index (χ1v) is 5.82. The van der Waals surface area contributed by atoms with Crippen molar-refractivity contribution < 1.29 is 0 Å². The summed E-state index contributed by atoms with van der Waals surface area (Å²) in [6.07, 6.45) is 3.08. The molecule has 0 amide bonds. The van der Waals surface area contributed by atoms with Crippen LogP contribution in [-0.4, -0.2) is 9.97 Å². The van der Waals surface area contributed by atoms with Gasteiger partial charge < -0.3 is 10.3 Å². The lowest BCUT2D eigenvalue weighted by Gasteiger charge is -2.01. The molecule has 0 aliphatic carbocycles. The molecule has 2 heterocycles. The Morgan fingerprint density at radius 2 is 2.31 bits per heavy atom. The second-order valence-electron chi connectivity index (χ2n) is 3.57. The Kier molecular flexibility index (Phi) is 3.05. The maximum atomic E-state index is 11.3. The minimum atomic E-state index is -0.187. The molecule has 0 aliphatic rings. The highest BCUT2D eigenvalue weighted by molar-refractivity contribution is 7.12. The zero-order valence-electron chi connectivity index (χ0n) is 9.20. The van der Waals surface area contributed by atoms with Gasteiger partial charge >= 0.3 is 0 Å². The van der Waals surface area contributed by atoms with Crippen molar-refractivity contribution >= 4 is 17.2 Å². The number of hydrogen-bond acceptors (Lipinski definition) is 4. The Morgan fingerprint density at radius 3 is 2.94 bits per heavy atom. The van der Waals surface area contributed by atoms with Crippen LogP contribution in [0.4, 0.5) is 5.82 Å². The first kappa shape index (κ1) is 10.9. The molecule has 2 aromatic rings. The highest BCUT2D eigenvalue weighted by Crippen LogP contribution is 2.20. The Labute approximate surface area is 97.4 Å². The van der Waals surface area contributed by atoms with Crippen molar-refractivity contribution in [3.63, 3.8) is 0 Å². The lowest BCUT2D eigenvalue weighted by atomic mass is 10.3. The predicted molar refractivity (Wildman–Crippen MR) is 66.0 cm³/mol. The summed E-state index contributed by atoms with van der Waals surface area (Å²) in [5.41, 5.74) is 1.10. The Balaban J connectivity index is 2.08. The van der Waals surface area contributed by atoms with Gasteiger partial charge in [-0.1, -0.05) is 0 Å². The molecule has 0 radical (unpaired) electrons. The minimum absolute atomic E-state index is 0.187. The molecular formula is C11H13N3OS. The lowest BCUT2D eigenvalue weighted by Crippen LogP contribution is -2.14. The third-order valence-electron chi connectivity index (χ3n) is 2.35. The standard InChI is InChI=1S/C11H13N3OS/c1-7-5-9(16-8(7)2)6-14-10-11(15)13-4-3-12-10/h3-5H,6H2,1-2H3,(H,12,14)(H,13,15). The van der Waals surface area contributed by atoms with Crippen LogP contribution in [0.25, 0.3) is 0 Å². The van der Waals surface area contributed by atoms with Crippen LogP contribution in [0, 0.1) is 13.8 Å². The van der Waals surface area contributed by atoms with Crippen LogP contribution in [0.5, 0.6) is 0 Å². The van der Waals surface area contributed by atoms with E-state index in [1.807, 2.05) is 0 Å². The predicted octanol–water partition coefficient (Wildman–Crippen LogP) is 2.06. The number of anilines is 1. The number of aromatic amines is 1. The van der Waals surface area contributed by atoms with E-state index >= 15 is 0 Å². The van der Waals surface area contributed by atoms with Crippen LogP contribution < -0.4 is 10.9 Å². The summed E-state index contributed by atoms with van der Waals surface area (Å²) in [5, 5.41) is 3.03. The number of H-pyrrole nitrogens is 1. The molecule has 0 fully saturated rings. The monoisotopic (exact) mass is 235 g/mol. The topological polar surface area (TPSA) is 57.8 Å². The number of aryl methyl sites for hydroxylation is 2. The Hall–Kier alpha value is -1.62. The second kappa shape index (κ2) is 4.49. The van der Waals surface area contributed by atoms with Gasteiger partial charge in [0.1, 0.15) is 0 Å². The van der Waals surface area contributed by atoms with Crippen LogP contribution >= 0.6 is 11.3 Å². The Morgan fingerprint density at radius 1 is 1.50 bits per heavy atom. The number of rotatable bonds is 3. The fourth-order valence-electron chi connectivity index (χ4n) is 1.39. The minimum Gasteiger partial charge on any atom is -0.361 e. The molecule has 2 aromatic heterocycles. The molecule has 0 aromatic carbocycles. The van der Waals surface area contributed by atoms with Crippen molar-refractivity contribution in [1.29, 1.82) is 0 Å². The number of nitrogens with one attached hydrogen (secondary N) is 2. The third kappa shape index (κ3) is 2.30. The van der Waals surface area contributed by atoms with Gasteiger partial charge in [0.15, 0.2) is 5.82 Å². The molecule has 2 rings (SSSR count). The number of thiophene rings is 1. The van der Waals surface area contributed by atoms with Crippen molar-refractivity contribution in [1.82, 2.24) is 9.97 Å². The molecule has 0 bridgehead atoms. The van der Waals surface area contributed by atoms with E-state index in [0.717, 1.165) is 0 Å². The third-order valence-corrected chi connectivity index (χ3v) is 3.51. The van der Waals surface area contributed by atoms with Gasteiger partial charge in [-0.2, -0.15) is 0 Å². The normalized spacial score (nSPS) is 10.4. The van der Waals surface area contributed by atoms with E-state index in [4.69, 9.17) is 0 Å². The first-order valence-electron chi connectivity index (χ1n) is 5.00. The second-order valence-corrected chi connectivity index (χ2v) is 4.91. The lowest BCUT2D eigenvalue weighted by molar-refractivity contribution is 1.07. The van der Waals surface area contributed by atoms with E-state index in [9.17, 15) is 4.79 Å². The SMILES string of the molecule is Cc1cc(CNc2ncc[nH]c2=O)sc1C. The molecule has 0 atom stereocenters. The molecule has 84 valence electrons. The summed E-state index contributed by atoms with van der Waals surface area (Å²) >= 11 is 1.74. The quantitative estimate of drug-likeness (QED) is 0.856. The number of hydrogen-bond donors (Lipinski definition) is 2. The molecule has 4 nitrogen and oxygen atoms in total. The van der Waals surface area contributed by atoms with E-state index in [0.29, 0.717) is 12.4 Å². The number of aromatic nitrogens is 2. The van der Waals surface area contributed by atoms with E-state index < -0.39 is 0 Å². The van der Waals surface area contributed by atoms with Gasteiger partial charge in [0.05, 0.1) is 6.54 Å². The zero-order valence-corrected chi connectivity index (χ0v) is 10.0. The summed E-state index contributed by atoms with van der Waals surface area (Å²) in [4.78, 5) is 20.4. The molecule has 0 saturated heterocycles. The highest BCUT2D eigenvalue weighted by Gasteiger charge is 2.03. The van der Waals surface area contributed by atoms with Gasteiger partial charge in [-0.05, 0) is 25.5 Å². The summed E-state index contributed by atoms with van der Waals surface area (Å²) in [6, 6.07) is 2.13. The average molecular weight is 235 g/mol. The maximum absolute atomic E-state index is 11.3. The van der Waals surface area contributed by atoms with Crippen molar-refractivity contribution in [3.8, 4) is 0 Å². The molecule has 0 aliphatic heterocycles. The van der Waals surface area contributed by atoms with Crippen LogP contribution in [0.1, 0.15) is 15.3 Å². The van der Waals surface area contributed by atoms with Crippen LogP contribution in [0.2, 0.25) is 0 Å². The average Bonchev–Trinajstić information content (AvgIpc) is 2.57. The van der Waals surface area contributed by atoms with E-state index in [1.54, 1.807) is 17.5 Å². The highest BCUT2D eigenvalue weighted by atomic mass is 32.1. The summed E-state index contributed by atoms with van der Waals surface area (Å²) in [5.74, 6) is 0.367. The number of nitrogens with zero attached hydrogens (tertiary/aromatic N) is 1. The van der Waals surface area contributed by atoms with E-state index in [1.165, 1.54) is 21.5 Å². The smallest absolute Gasteiger partial charge is 0.290 e. The van der Waals surface area contributed by atoms with Crippen LogP contribution in [-0.2, 0) is 6.54 Å². The maximum Gasteiger partial charge on any atom is 0.290 e. The van der Waals surface area contributed by atoms with Gasteiger partial charge in [-0.3, -0.25) is 4.79 Å². The van der Waals surface area contributed by atoms with Crippen molar-refractivity contribution in [2.24, 2.45) is 0 Å². The van der Waals surface area contributed by atoms with Crippen molar-refractivity contribution in [2.45, 2.75) is 20.4 Å². The molecule has 16 heavy (non-hydrogen) atoms. The van der Waals surface area contributed by atoms with Gasteiger partial charge in [0, 0.05) is 22.1 Å². The fraction of sp³-hybridized carbons (Fsp3) is 0.273. The Bertz CT molecular complexity index is 525. The van der Waals surface area contributed by atoms with E-state index in [2.05, 4.69) is 35.2 Å². The molecular weight excluding hydrogens is 222 g/mol. The molecule has 0 spiro atoms. The van der Waals surface area contributed by atoms with Crippen LogP contribution in [0.3, 0.4) is 0 Å².